The van der Waals surface area contributed by atoms with Crippen molar-refractivity contribution in [2.24, 2.45) is 5.92 Å². The number of hydrogen-bond acceptors (Lipinski definition) is 5. The van der Waals surface area contributed by atoms with Gasteiger partial charge in [-0.25, -0.2) is 0 Å². The minimum atomic E-state index is -0.753. The summed E-state index contributed by atoms with van der Waals surface area (Å²) in [7, 11) is 0. The third-order valence-corrected chi connectivity index (χ3v) is 9.87. The number of nitrogens with zero attached hydrogens (tertiary/aromatic N) is 1. The van der Waals surface area contributed by atoms with E-state index in [4.69, 9.17) is 9.47 Å². The minimum absolute atomic E-state index is 0.0661. The van der Waals surface area contributed by atoms with Crippen molar-refractivity contribution in [1.29, 1.82) is 0 Å². The summed E-state index contributed by atoms with van der Waals surface area (Å²) in [5.41, 5.74) is 2.33. The molecular formula is C22H23NO4Se. The molecule has 5 nitrogen and oxygen atoms in total. The van der Waals surface area contributed by atoms with E-state index in [-0.39, 0.29) is 32.5 Å². The van der Waals surface area contributed by atoms with Gasteiger partial charge < -0.3 is 0 Å². The fraction of sp³-hybridized carbons (Fsp3) is 0.455. The molecule has 6 heteroatoms. The summed E-state index contributed by atoms with van der Waals surface area (Å²) in [5.74, 6) is 1.91. The maximum absolute atomic E-state index is 11.2. The Kier molecular flexibility index (Phi) is 4.00. The van der Waals surface area contributed by atoms with Gasteiger partial charge in [0.15, 0.2) is 0 Å². The van der Waals surface area contributed by atoms with E-state index in [0.717, 1.165) is 36.6 Å². The molecule has 2 aromatic rings. The van der Waals surface area contributed by atoms with Crippen LogP contribution in [0.25, 0.3) is 0 Å². The molecule has 28 heavy (non-hydrogen) atoms. The molecule has 0 spiro atoms. The fourth-order valence-corrected chi connectivity index (χ4v) is 8.59. The van der Waals surface area contributed by atoms with Crippen LogP contribution < -0.4 is 13.9 Å². The van der Waals surface area contributed by atoms with Crippen LogP contribution in [0.4, 0.5) is 0 Å². The van der Waals surface area contributed by atoms with E-state index in [9.17, 15) is 10.2 Å². The standard InChI is InChI=1S/C22H23NO4Se/c24-20-18-15-9-17-16(26-11-27-17)8-12(15)10-23-7-6-14(19(18)23)22(21(20)25)28-13-4-2-1-3-5-13/h1-5,8-9,14,18-22,24-25H,6-7,10-11H2/t14-,18-,19+,20-,21+,22+/m0/s1. The molecule has 2 aromatic carbocycles. The molecule has 0 amide bonds. The summed E-state index contributed by atoms with van der Waals surface area (Å²) in [6.45, 7) is 2.17. The summed E-state index contributed by atoms with van der Waals surface area (Å²) in [6, 6.07) is 14.9. The normalized spacial score (nSPS) is 35.5. The van der Waals surface area contributed by atoms with Gasteiger partial charge >= 0.3 is 170 Å². The Morgan fingerprint density at radius 2 is 1.79 bits per heavy atom. The van der Waals surface area contributed by atoms with Gasteiger partial charge in [0.2, 0.25) is 0 Å². The molecule has 146 valence electrons. The predicted octanol–water partition coefficient (Wildman–Crippen LogP) is 1.26. The molecular weight excluding hydrogens is 421 g/mol. The van der Waals surface area contributed by atoms with Crippen LogP contribution in [0.5, 0.6) is 11.5 Å². The average Bonchev–Trinajstić information content (AvgIpc) is 3.34. The van der Waals surface area contributed by atoms with Gasteiger partial charge in [-0.1, -0.05) is 0 Å². The Balaban J connectivity index is 1.39. The fourth-order valence-electron chi connectivity index (χ4n) is 5.65. The topological polar surface area (TPSA) is 62.2 Å². The van der Waals surface area contributed by atoms with Gasteiger partial charge in [0.05, 0.1) is 0 Å². The second kappa shape index (κ2) is 6.48. The van der Waals surface area contributed by atoms with Crippen molar-refractivity contribution in [3.63, 3.8) is 0 Å². The van der Waals surface area contributed by atoms with Crippen LogP contribution in [-0.4, -0.2) is 61.7 Å². The molecule has 0 bridgehead atoms. The van der Waals surface area contributed by atoms with Gasteiger partial charge in [-0.05, 0) is 0 Å². The third kappa shape index (κ3) is 2.49. The molecule has 2 fully saturated rings. The molecule has 4 aliphatic rings. The Bertz CT molecular complexity index is 907. The quantitative estimate of drug-likeness (QED) is 0.684. The first kappa shape index (κ1) is 17.3. The predicted molar refractivity (Wildman–Crippen MR) is 105 cm³/mol. The summed E-state index contributed by atoms with van der Waals surface area (Å²) < 4.78 is 12.5. The summed E-state index contributed by atoms with van der Waals surface area (Å²) >= 11 is 0.141. The van der Waals surface area contributed by atoms with Crippen molar-refractivity contribution in [2.75, 3.05) is 13.3 Å². The summed E-state index contributed by atoms with van der Waals surface area (Å²) in [6.07, 6.45) is -0.357. The van der Waals surface area contributed by atoms with Gasteiger partial charge in [-0.15, -0.1) is 0 Å². The molecule has 3 heterocycles. The van der Waals surface area contributed by atoms with Gasteiger partial charge in [0.1, 0.15) is 0 Å². The number of fused-ring (bicyclic) bond motifs is 3. The zero-order chi connectivity index (χ0) is 18.8. The van der Waals surface area contributed by atoms with Gasteiger partial charge in [-0.2, -0.15) is 0 Å². The molecule has 6 rings (SSSR count). The first-order chi connectivity index (χ1) is 13.7. The van der Waals surface area contributed by atoms with Crippen molar-refractivity contribution in [1.82, 2.24) is 4.90 Å². The zero-order valence-electron chi connectivity index (χ0n) is 15.4. The van der Waals surface area contributed by atoms with Crippen LogP contribution in [-0.2, 0) is 6.54 Å². The first-order valence-corrected chi connectivity index (χ1v) is 11.8. The van der Waals surface area contributed by atoms with Crippen LogP contribution >= 0.6 is 0 Å². The number of benzene rings is 2. The SMILES string of the molecule is O[C@@H]1[C@@H](O)[C@H]2c3cc4c(cc3CN3CC[C@H]([C@H]1[Se]c1ccccc1)[C@H]23)OCO4. The molecule has 0 radical (unpaired) electrons. The molecule has 1 saturated carbocycles. The van der Waals surface area contributed by atoms with E-state index in [2.05, 4.69) is 35.2 Å². The van der Waals surface area contributed by atoms with Crippen molar-refractivity contribution < 1.29 is 19.7 Å². The van der Waals surface area contributed by atoms with Crippen LogP contribution in [0.3, 0.4) is 0 Å². The van der Waals surface area contributed by atoms with Crippen LogP contribution in [0.15, 0.2) is 42.5 Å². The molecule has 0 unspecified atom stereocenters. The van der Waals surface area contributed by atoms with Crippen molar-refractivity contribution in [2.45, 2.75) is 41.9 Å². The Labute approximate surface area is 170 Å². The van der Waals surface area contributed by atoms with Gasteiger partial charge in [0, 0.05) is 0 Å². The van der Waals surface area contributed by atoms with Crippen molar-refractivity contribution >= 4 is 19.4 Å². The van der Waals surface area contributed by atoms with E-state index >= 15 is 0 Å². The van der Waals surface area contributed by atoms with Gasteiger partial charge in [-0.3, -0.25) is 0 Å². The summed E-state index contributed by atoms with van der Waals surface area (Å²) in [4.78, 5) is 2.66. The van der Waals surface area contributed by atoms with Crippen molar-refractivity contribution in [3.8, 4) is 11.5 Å². The van der Waals surface area contributed by atoms with Crippen LogP contribution in [0.1, 0.15) is 23.5 Å². The number of aliphatic hydroxyl groups is 2. The molecule has 3 aliphatic heterocycles. The van der Waals surface area contributed by atoms with Crippen LogP contribution in [0, 0.1) is 5.92 Å². The molecule has 2 N–H and O–H groups in total. The Hall–Kier alpha value is -1.56. The third-order valence-electron chi connectivity index (χ3n) is 6.84. The molecule has 0 aromatic heterocycles. The molecule has 1 saturated heterocycles. The van der Waals surface area contributed by atoms with E-state index in [0.29, 0.717) is 12.0 Å². The second-order valence-electron chi connectivity index (χ2n) is 8.22. The number of ether oxygens (including phenoxy) is 2. The number of hydrogen-bond donors (Lipinski definition) is 2. The van der Waals surface area contributed by atoms with Crippen LogP contribution in [0.2, 0.25) is 4.82 Å². The van der Waals surface area contributed by atoms with E-state index in [1.165, 1.54) is 10.0 Å². The first-order valence-electron chi connectivity index (χ1n) is 9.95. The monoisotopic (exact) mass is 445 g/mol. The second-order valence-corrected chi connectivity index (χ2v) is 10.8. The average molecular weight is 444 g/mol. The van der Waals surface area contributed by atoms with Gasteiger partial charge in [0.25, 0.3) is 0 Å². The Morgan fingerprint density at radius 3 is 2.61 bits per heavy atom. The van der Waals surface area contributed by atoms with E-state index in [1.807, 2.05) is 12.1 Å². The van der Waals surface area contributed by atoms with Crippen molar-refractivity contribution in [3.05, 3.63) is 53.6 Å². The Morgan fingerprint density at radius 1 is 1.00 bits per heavy atom. The maximum atomic E-state index is 11.2. The number of aliphatic hydroxyl groups excluding tert-OH is 2. The molecule has 1 aliphatic carbocycles. The van der Waals surface area contributed by atoms with E-state index < -0.39 is 12.2 Å². The summed E-state index contributed by atoms with van der Waals surface area (Å²) in [5, 5.41) is 22.4. The van der Waals surface area contributed by atoms with E-state index in [1.54, 1.807) is 0 Å². The zero-order valence-corrected chi connectivity index (χ0v) is 17.1. The number of rotatable bonds is 2. The molecule has 6 atom stereocenters.